The third kappa shape index (κ3) is 9.34. The number of anilines is 3. The number of β-amino-alcohol motifs (C(OH)–C–C–N with tert-alkyl or cyclic N) is 1. The number of aliphatic hydroxyl groups excluding tert-OH is 1. The quantitative estimate of drug-likeness (QED) is 0.0743. The zero-order chi connectivity index (χ0) is 47.9. The number of phenols is 1. The van der Waals surface area contributed by atoms with Crippen molar-refractivity contribution in [1.29, 1.82) is 0 Å². The van der Waals surface area contributed by atoms with Crippen LogP contribution in [0.1, 0.15) is 85.4 Å². The number of aryl methyl sites for hydroxylation is 2. The number of thiazole rings is 1. The number of hydrogen-bond donors (Lipinski definition) is 3. The highest BCUT2D eigenvalue weighted by Crippen LogP contribution is 2.41. The first kappa shape index (κ1) is 46.2. The topological polar surface area (TPSA) is 193 Å². The van der Waals surface area contributed by atoms with E-state index in [1.165, 1.54) is 15.3 Å². The Kier molecular flexibility index (Phi) is 13.0. The van der Waals surface area contributed by atoms with Crippen molar-refractivity contribution in [2.24, 2.45) is 5.92 Å². The molecule has 358 valence electrons. The Balaban J connectivity index is 0.723. The van der Waals surface area contributed by atoms with E-state index in [4.69, 9.17) is 14.5 Å². The first-order valence-corrected chi connectivity index (χ1v) is 25.4. The van der Waals surface area contributed by atoms with Gasteiger partial charge in [-0.25, -0.2) is 15.0 Å². The van der Waals surface area contributed by atoms with Crippen LogP contribution >= 0.6 is 22.7 Å². The van der Waals surface area contributed by atoms with E-state index in [1.54, 1.807) is 34.8 Å². The summed E-state index contributed by atoms with van der Waals surface area (Å²) in [4.78, 5) is 54.3. The van der Waals surface area contributed by atoms with Crippen molar-refractivity contribution in [3.05, 3.63) is 111 Å². The number of nitroso groups, excluding NO2 is 1. The lowest BCUT2D eigenvalue weighted by atomic mass is 9.91. The molecule has 2 aromatic carbocycles. The number of aromatic hydroxyl groups is 1. The minimum atomic E-state index is -0.900. The van der Waals surface area contributed by atoms with Crippen LogP contribution < -0.4 is 20.1 Å². The Labute approximate surface area is 408 Å². The van der Waals surface area contributed by atoms with Gasteiger partial charge in [0.05, 0.1) is 63.8 Å². The largest absolute Gasteiger partial charge is 0.507 e. The zero-order valence-electron chi connectivity index (χ0n) is 39.4. The minimum Gasteiger partial charge on any atom is -0.507 e. The number of piperazine rings is 1. The number of hydrazine groups is 1. The van der Waals surface area contributed by atoms with Crippen molar-refractivity contribution < 1.29 is 24.4 Å². The molecule has 17 nitrogen and oxygen atoms in total. The molecule has 4 atom stereocenters. The van der Waals surface area contributed by atoms with Gasteiger partial charge in [0.25, 0.3) is 0 Å². The highest BCUT2D eigenvalue weighted by atomic mass is 32.1. The Morgan fingerprint density at radius 2 is 1.62 bits per heavy atom. The third-order valence-corrected chi connectivity index (χ3v) is 16.3. The molecule has 0 spiro atoms. The first-order chi connectivity index (χ1) is 33.4. The molecule has 10 rings (SSSR count). The highest BCUT2D eigenvalue weighted by molar-refractivity contribution is 7.19. The zero-order valence-corrected chi connectivity index (χ0v) is 41.0. The molecular formula is C50H57N12O5S2+. The Morgan fingerprint density at radius 1 is 0.899 bits per heavy atom. The molecule has 5 aromatic heterocycles. The van der Waals surface area contributed by atoms with Crippen LogP contribution in [0.2, 0.25) is 0 Å². The number of nitrogens with one attached hydrogen (secondary N) is 1. The molecule has 3 aliphatic heterocycles. The fourth-order valence-electron chi connectivity index (χ4n) is 10.0. The summed E-state index contributed by atoms with van der Waals surface area (Å²) in [5, 5.41) is 35.6. The number of hydrogen-bond acceptors (Lipinski definition) is 16. The second-order valence-electron chi connectivity index (χ2n) is 18.8. The summed E-state index contributed by atoms with van der Waals surface area (Å²) in [7, 11) is 0. The normalized spacial score (nSPS) is 18.9. The Morgan fingerprint density at radius 3 is 2.32 bits per heavy atom. The van der Waals surface area contributed by atoms with Crippen molar-refractivity contribution in [2.45, 2.75) is 84.0 Å². The van der Waals surface area contributed by atoms with Crippen LogP contribution in [-0.2, 0) is 4.79 Å². The van der Waals surface area contributed by atoms with Crippen LogP contribution in [0.5, 0.6) is 5.75 Å². The van der Waals surface area contributed by atoms with E-state index in [0.717, 1.165) is 82.6 Å². The molecule has 19 heteroatoms. The van der Waals surface area contributed by atoms with Gasteiger partial charge in [-0.2, -0.15) is 0 Å². The number of piperidine rings is 1. The number of likely N-dealkylation sites (tertiary alicyclic amines) is 1. The molecule has 0 bridgehead atoms. The van der Waals surface area contributed by atoms with Crippen molar-refractivity contribution in [3.63, 3.8) is 0 Å². The lowest BCUT2D eigenvalue weighted by Gasteiger charge is -2.36. The monoisotopic (exact) mass is 969 g/mol. The van der Waals surface area contributed by atoms with Crippen LogP contribution in [0.3, 0.4) is 0 Å². The maximum Gasteiger partial charge on any atom is 0.313 e. The molecule has 0 saturated carbocycles. The molecule has 8 heterocycles. The lowest BCUT2D eigenvalue weighted by Crippen LogP contribution is -2.49. The van der Waals surface area contributed by atoms with Gasteiger partial charge in [-0.3, -0.25) is 9.69 Å². The average Bonchev–Trinajstić information content (AvgIpc) is 4.19. The number of phenolic OH excluding ortho intramolecular Hbond substituents is 1. The van der Waals surface area contributed by atoms with Crippen LogP contribution in [0, 0.1) is 24.7 Å². The standard InChI is InChI=1S/C50H56N12O5S2/c1-29(2)45(49(65)61-27-37(63)22-44(61)62(66)56-31(4)33-10-12-34(13-11-33)47-32(5)53-28-68-47)42-24-43(57-67-42)59-20-18-58(19-21-59)36-25-51-50(52-26-36)60-16-14-35(15-17-60)46-30(3)39-23-40(54-55-48(39)69-46)38-8-6-7-9-41(38)64/h6-13,23-26,28-29,31,35,37,44-45,63H,14-22,27H2,1-5H3,(H-,54,56,64,66)/p+1/t31-,37+,44+,45?/m0/s1. The number of aromatic nitrogens is 6. The molecule has 3 N–H and O–H groups in total. The predicted molar refractivity (Wildman–Crippen MR) is 268 cm³/mol. The summed E-state index contributed by atoms with van der Waals surface area (Å²) >= 11 is 3.31. The van der Waals surface area contributed by atoms with Gasteiger partial charge >= 0.3 is 6.17 Å². The first-order valence-electron chi connectivity index (χ1n) is 23.7. The molecule has 1 amide bonds. The number of benzene rings is 2. The van der Waals surface area contributed by atoms with Crippen LogP contribution in [0.25, 0.3) is 31.9 Å². The maximum absolute atomic E-state index is 14.3. The number of carbonyl (C=O) groups is 1. The predicted octanol–water partition coefficient (Wildman–Crippen LogP) is 8.00. The molecule has 3 saturated heterocycles. The summed E-state index contributed by atoms with van der Waals surface area (Å²) in [5.41, 5.74) is 11.4. The fourth-order valence-corrected chi connectivity index (χ4v) is 12.1. The van der Waals surface area contributed by atoms with E-state index in [1.807, 2.05) is 94.1 Å². The summed E-state index contributed by atoms with van der Waals surface area (Å²) in [6, 6.07) is 18.8. The molecule has 3 fully saturated rings. The van der Waals surface area contributed by atoms with Gasteiger partial charge in [-0.05, 0) is 80.3 Å². The SMILES string of the molecule is Cc1ncsc1-c1ccc([C@H](C)N[N+](=O)[C@@H]2C[C@@H](O)CN2C(=O)C(c2cc(N3CCN(c4cnc(N5CCC(c6sc7nnc(-c8ccccc8O)cc7c6C)CC5)nc4)CC3)no2)C(C)C)cc1. The van der Waals surface area contributed by atoms with Crippen molar-refractivity contribution in [3.8, 4) is 27.4 Å². The number of carbonyl (C=O) groups excluding carboxylic acids is 1. The minimum absolute atomic E-state index is 0.0467. The average molecular weight is 970 g/mol. The summed E-state index contributed by atoms with van der Waals surface area (Å²) in [5.74, 6) is 1.29. The molecular weight excluding hydrogens is 913 g/mol. The van der Waals surface area contributed by atoms with Crippen LogP contribution in [0.4, 0.5) is 17.5 Å². The van der Waals surface area contributed by atoms with Gasteiger partial charge in [-0.1, -0.05) is 55.4 Å². The number of aliphatic hydroxyl groups is 1. The molecule has 3 aliphatic rings. The number of amides is 1. The molecule has 7 aromatic rings. The van der Waals surface area contributed by atoms with E-state index in [9.17, 15) is 19.9 Å². The van der Waals surface area contributed by atoms with Crippen molar-refractivity contribution in [1.82, 2.24) is 40.6 Å². The van der Waals surface area contributed by atoms with Crippen molar-refractivity contribution in [2.75, 3.05) is 60.5 Å². The van der Waals surface area contributed by atoms with Gasteiger partial charge in [0.2, 0.25) is 11.9 Å². The number of para-hydroxylation sites is 1. The number of nitrogens with zero attached hydrogens (tertiary/aromatic N) is 11. The number of fused-ring (bicyclic) bond motifs is 1. The highest BCUT2D eigenvalue weighted by Gasteiger charge is 2.48. The summed E-state index contributed by atoms with van der Waals surface area (Å²) in [6.45, 7) is 14.5. The summed E-state index contributed by atoms with van der Waals surface area (Å²) in [6.07, 6.45) is 4.19. The third-order valence-electron chi connectivity index (χ3n) is 14.0. The summed E-state index contributed by atoms with van der Waals surface area (Å²) < 4.78 is 5.90. The lowest BCUT2D eigenvalue weighted by molar-refractivity contribution is -0.660. The van der Waals surface area contributed by atoms with Gasteiger partial charge in [-0.15, -0.1) is 38.3 Å². The van der Waals surface area contributed by atoms with Gasteiger partial charge in [0.15, 0.2) is 11.6 Å². The maximum atomic E-state index is 14.3. The van der Waals surface area contributed by atoms with Gasteiger partial charge in [0, 0.05) is 61.2 Å². The van der Waals surface area contributed by atoms with E-state index in [0.29, 0.717) is 46.7 Å². The molecule has 0 radical (unpaired) electrons. The second kappa shape index (κ2) is 19.4. The van der Waals surface area contributed by atoms with Gasteiger partial charge in [0.1, 0.15) is 27.4 Å². The Bertz CT molecular complexity index is 2940. The smallest absolute Gasteiger partial charge is 0.313 e. The van der Waals surface area contributed by atoms with E-state index in [2.05, 4.69) is 47.4 Å². The van der Waals surface area contributed by atoms with Crippen LogP contribution in [0.15, 0.2) is 83.1 Å². The van der Waals surface area contributed by atoms with E-state index in [-0.39, 0.29) is 36.6 Å². The molecule has 0 aliphatic carbocycles. The molecule has 69 heavy (non-hydrogen) atoms. The van der Waals surface area contributed by atoms with Crippen LogP contribution in [-0.4, -0.2) is 114 Å². The van der Waals surface area contributed by atoms with Crippen molar-refractivity contribution >= 4 is 56.3 Å². The number of thiophene rings is 1. The Hall–Kier alpha value is -6.57. The van der Waals surface area contributed by atoms with E-state index < -0.39 is 18.2 Å². The number of rotatable bonds is 13. The second-order valence-corrected chi connectivity index (χ2v) is 20.7. The van der Waals surface area contributed by atoms with Gasteiger partial charge < -0.3 is 29.4 Å². The fraction of sp³-hybridized carbons (Fsp3) is 0.420. The van der Waals surface area contributed by atoms with E-state index >= 15 is 0 Å². The molecule has 1 unspecified atom stereocenters.